The molecule has 0 bridgehead atoms. The first-order chi connectivity index (χ1) is 7.74. The number of fused-ring (bicyclic) bond motifs is 1. The highest BCUT2D eigenvalue weighted by molar-refractivity contribution is 7.22. The third-order valence-corrected chi connectivity index (χ3v) is 3.77. The van der Waals surface area contributed by atoms with Crippen molar-refractivity contribution in [3.63, 3.8) is 0 Å². The highest BCUT2D eigenvalue weighted by Gasteiger charge is 2.09. The Labute approximate surface area is 101 Å². The molecule has 0 radical (unpaired) electrons. The van der Waals surface area contributed by atoms with Gasteiger partial charge in [-0.15, -0.1) is 0 Å². The summed E-state index contributed by atoms with van der Waals surface area (Å²) in [6, 6.07) is 6.49. The molecule has 0 amide bonds. The highest BCUT2D eigenvalue weighted by atomic mass is 32.1. The van der Waals surface area contributed by atoms with Crippen molar-refractivity contribution in [3.8, 4) is 0 Å². The van der Waals surface area contributed by atoms with Gasteiger partial charge < -0.3 is 4.90 Å². The van der Waals surface area contributed by atoms with E-state index < -0.39 is 0 Å². The molecule has 0 spiro atoms. The van der Waals surface area contributed by atoms with Crippen molar-refractivity contribution < 1.29 is 0 Å². The molecule has 0 aliphatic heterocycles. The van der Waals surface area contributed by atoms with Gasteiger partial charge in [-0.3, -0.25) is 0 Å². The number of aromatic nitrogens is 1. The van der Waals surface area contributed by atoms with Crippen LogP contribution in [0.25, 0.3) is 10.2 Å². The third kappa shape index (κ3) is 2.19. The molecule has 0 saturated heterocycles. The van der Waals surface area contributed by atoms with Crippen molar-refractivity contribution in [3.05, 3.63) is 23.8 Å². The normalized spacial score (nSPS) is 10.9. The molecular weight excluding hydrogens is 216 g/mol. The molecule has 0 aliphatic rings. The van der Waals surface area contributed by atoms with E-state index in [0.717, 1.165) is 23.7 Å². The van der Waals surface area contributed by atoms with Crippen LogP contribution in [0.15, 0.2) is 18.2 Å². The number of hydrogen-bond acceptors (Lipinski definition) is 3. The SMILES string of the molecule is CCCN(CC)c1nc2cc(C)ccc2s1. The second-order valence-corrected chi connectivity index (χ2v) is 5.06. The fourth-order valence-corrected chi connectivity index (χ4v) is 2.85. The summed E-state index contributed by atoms with van der Waals surface area (Å²) in [6.45, 7) is 8.64. The summed E-state index contributed by atoms with van der Waals surface area (Å²) in [5.74, 6) is 0. The summed E-state index contributed by atoms with van der Waals surface area (Å²) < 4.78 is 1.29. The monoisotopic (exact) mass is 234 g/mol. The lowest BCUT2D eigenvalue weighted by Crippen LogP contribution is -2.22. The summed E-state index contributed by atoms with van der Waals surface area (Å²) >= 11 is 1.79. The highest BCUT2D eigenvalue weighted by Crippen LogP contribution is 2.29. The molecule has 86 valence electrons. The second-order valence-electron chi connectivity index (χ2n) is 4.05. The third-order valence-electron chi connectivity index (χ3n) is 2.68. The van der Waals surface area contributed by atoms with E-state index in [1.54, 1.807) is 11.3 Å². The molecule has 0 N–H and O–H groups in total. The van der Waals surface area contributed by atoms with E-state index in [0.29, 0.717) is 0 Å². The maximum Gasteiger partial charge on any atom is 0.186 e. The zero-order chi connectivity index (χ0) is 11.5. The molecule has 0 fully saturated rings. The quantitative estimate of drug-likeness (QED) is 0.799. The van der Waals surface area contributed by atoms with Crippen molar-refractivity contribution >= 4 is 26.7 Å². The van der Waals surface area contributed by atoms with Gasteiger partial charge in [0.15, 0.2) is 5.13 Å². The first kappa shape index (κ1) is 11.4. The Kier molecular flexibility index (Phi) is 3.44. The summed E-state index contributed by atoms with van der Waals surface area (Å²) in [5, 5.41) is 1.16. The molecule has 1 aromatic heterocycles. The number of aryl methyl sites for hydroxylation is 1. The largest absolute Gasteiger partial charge is 0.348 e. The Balaban J connectivity index is 2.37. The van der Waals surface area contributed by atoms with Gasteiger partial charge in [0.25, 0.3) is 0 Å². The average molecular weight is 234 g/mol. The Bertz CT molecular complexity index is 476. The first-order valence-electron chi connectivity index (χ1n) is 5.86. The summed E-state index contributed by atoms with van der Waals surface area (Å²) in [4.78, 5) is 7.06. The minimum atomic E-state index is 1.03. The standard InChI is InChI=1S/C13H18N2S/c1-4-8-15(5-2)13-14-11-9-10(3)6-7-12(11)16-13/h6-7,9H,4-5,8H2,1-3H3. The number of rotatable bonds is 4. The lowest BCUT2D eigenvalue weighted by Gasteiger charge is -2.18. The van der Waals surface area contributed by atoms with Crippen LogP contribution in [0, 0.1) is 6.92 Å². The van der Waals surface area contributed by atoms with E-state index >= 15 is 0 Å². The maximum atomic E-state index is 4.71. The summed E-state index contributed by atoms with van der Waals surface area (Å²) in [6.07, 6.45) is 1.17. The van der Waals surface area contributed by atoms with Crippen LogP contribution in [-0.2, 0) is 0 Å². The number of nitrogens with zero attached hydrogens (tertiary/aromatic N) is 2. The van der Waals surface area contributed by atoms with E-state index in [1.807, 2.05) is 0 Å². The number of thiazole rings is 1. The molecule has 1 heterocycles. The van der Waals surface area contributed by atoms with E-state index in [-0.39, 0.29) is 0 Å². The second kappa shape index (κ2) is 4.83. The van der Waals surface area contributed by atoms with E-state index in [2.05, 4.69) is 43.9 Å². The van der Waals surface area contributed by atoms with Crippen molar-refractivity contribution in [1.82, 2.24) is 4.98 Å². The zero-order valence-corrected chi connectivity index (χ0v) is 11.0. The minimum absolute atomic E-state index is 1.03. The Hall–Kier alpha value is -1.09. The molecule has 1 aromatic carbocycles. The Morgan fingerprint density at radius 3 is 2.81 bits per heavy atom. The molecule has 2 rings (SSSR count). The average Bonchev–Trinajstić information content (AvgIpc) is 2.68. The van der Waals surface area contributed by atoms with Gasteiger partial charge in [0.05, 0.1) is 10.2 Å². The molecule has 0 unspecified atom stereocenters. The number of anilines is 1. The molecule has 2 nitrogen and oxygen atoms in total. The van der Waals surface area contributed by atoms with Crippen LogP contribution in [-0.4, -0.2) is 18.1 Å². The number of benzene rings is 1. The first-order valence-corrected chi connectivity index (χ1v) is 6.68. The lowest BCUT2D eigenvalue weighted by atomic mass is 10.2. The molecule has 2 aromatic rings. The van der Waals surface area contributed by atoms with Crippen molar-refractivity contribution in [2.45, 2.75) is 27.2 Å². The van der Waals surface area contributed by atoms with Gasteiger partial charge in [0.1, 0.15) is 0 Å². The van der Waals surface area contributed by atoms with Crippen molar-refractivity contribution in [2.75, 3.05) is 18.0 Å². The molecule has 0 aliphatic carbocycles. The van der Waals surface area contributed by atoms with E-state index in [4.69, 9.17) is 4.98 Å². The lowest BCUT2D eigenvalue weighted by molar-refractivity contribution is 0.789. The van der Waals surface area contributed by atoms with Crippen LogP contribution in [0.2, 0.25) is 0 Å². The maximum absolute atomic E-state index is 4.71. The van der Waals surface area contributed by atoms with Crippen LogP contribution in [0.3, 0.4) is 0 Å². The van der Waals surface area contributed by atoms with Gasteiger partial charge in [-0.25, -0.2) is 4.98 Å². The van der Waals surface area contributed by atoms with Gasteiger partial charge >= 0.3 is 0 Å². The van der Waals surface area contributed by atoms with Crippen LogP contribution >= 0.6 is 11.3 Å². The van der Waals surface area contributed by atoms with Gasteiger partial charge in [-0.05, 0) is 38.0 Å². The Morgan fingerprint density at radius 2 is 2.12 bits per heavy atom. The Morgan fingerprint density at radius 1 is 1.31 bits per heavy atom. The smallest absolute Gasteiger partial charge is 0.186 e. The van der Waals surface area contributed by atoms with E-state index in [1.165, 1.54) is 16.7 Å². The van der Waals surface area contributed by atoms with Crippen molar-refractivity contribution in [2.24, 2.45) is 0 Å². The van der Waals surface area contributed by atoms with Crippen LogP contribution < -0.4 is 4.90 Å². The molecule has 3 heteroatoms. The van der Waals surface area contributed by atoms with Gasteiger partial charge in [-0.1, -0.05) is 24.3 Å². The molecule has 0 atom stereocenters. The molecular formula is C13H18N2S. The van der Waals surface area contributed by atoms with Gasteiger partial charge in [-0.2, -0.15) is 0 Å². The van der Waals surface area contributed by atoms with Crippen LogP contribution in [0.4, 0.5) is 5.13 Å². The predicted octanol–water partition coefficient (Wildman–Crippen LogP) is 3.84. The minimum Gasteiger partial charge on any atom is -0.348 e. The van der Waals surface area contributed by atoms with Gasteiger partial charge in [0.2, 0.25) is 0 Å². The summed E-state index contributed by atoms with van der Waals surface area (Å²) in [7, 11) is 0. The summed E-state index contributed by atoms with van der Waals surface area (Å²) in [5.41, 5.74) is 2.41. The van der Waals surface area contributed by atoms with Gasteiger partial charge in [0, 0.05) is 13.1 Å². The fraction of sp³-hybridized carbons (Fsp3) is 0.462. The zero-order valence-electron chi connectivity index (χ0n) is 10.2. The van der Waals surface area contributed by atoms with Crippen LogP contribution in [0.5, 0.6) is 0 Å². The van der Waals surface area contributed by atoms with Crippen molar-refractivity contribution in [1.29, 1.82) is 0 Å². The fourth-order valence-electron chi connectivity index (χ4n) is 1.82. The molecule has 0 saturated carbocycles. The topological polar surface area (TPSA) is 16.1 Å². The predicted molar refractivity (Wildman–Crippen MR) is 72.5 cm³/mol. The number of hydrogen-bond donors (Lipinski definition) is 0. The molecule has 16 heavy (non-hydrogen) atoms. The van der Waals surface area contributed by atoms with Crippen LogP contribution in [0.1, 0.15) is 25.8 Å². The van der Waals surface area contributed by atoms with E-state index in [9.17, 15) is 0 Å².